The Balaban J connectivity index is 2.41. The largest absolute Gasteiger partial charge is 0.508 e. The Hall–Kier alpha value is -2.32. The van der Waals surface area contributed by atoms with Gasteiger partial charge in [0.25, 0.3) is 15.7 Å². The van der Waals surface area contributed by atoms with Crippen LogP contribution in [0.15, 0.2) is 47.4 Å². The summed E-state index contributed by atoms with van der Waals surface area (Å²) >= 11 is 5.80. The van der Waals surface area contributed by atoms with Crippen molar-refractivity contribution in [2.24, 2.45) is 0 Å². The molecule has 0 unspecified atom stereocenters. The number of nitro benzene ring substituents is 1. The fourth-order valence-corrected chi connectivity index (χ4v) is 3.13. The van der Waals surface area contributed by atoms with E-state index in [1.54, 1.807) is 0 Å². The molecule has 0 aromatic heterocycles. The number of benzene rings is 2. The molecule has 0 amide bonds. The molecule has 2 rings (SSSR count). The maximum Gasteiger partial charge on any atom is 0.270 e. The molecule has 0 atom stereocenters. The lowest BCUT2D eigenvalue weighted by molar-refractivity contribution is -0.385. The highest BCUT2D eigenvalue weighted by Gasteiger charge is 2.21. The third-order valence-corrected chi connectivity index (χ3v) is 4.40. The molecule has 0 fully saturated rings. The normalized spacial score (nSPS) is 11.1. The molecule has 0 aliphatic rings. The molecule has 0 aliphatic carbocycles. The summed E-state index contributed by atoms with van der Waals surface area (Å²) in [4.78, 5) is 9.60. The molecule has 110 valence electrons. The summed E-state index contributed by atoms with van der Waals surface area (Å²) in [5.41, 5.74) is -0.194. The number of nitro groups is 1. The Bertz CT molecular complexity index is 790. The van der Waals surface area contributed by atoms with Crippen molar-refractivity contribution in [3.05, 3.63) is 57.6 Å². The highest BCUT2D eigenvalue weighted by molar-refractivity contribution is 7.92. The zero-order valence-corrected chi connectivity index (χ0v) is 11.9. The Labute approximate surface area is 125 Å². The summed E-state index contributed by atoms with van der Waals surface area (Å²) in [5.74, 6) is -0.0219. The predicted octanol–water partition coefficient (Wildman–Crippen LogP) is 2.75. The molecule has 2 aromatic carbocycles. The zero-order valence-electron chi connectivity index (χ0n) is 10.4. The monoisotopic (exact) mass is 328 g/mol. The quantitative estimate of drug-likeness (QED) is 0.509. The number of rotatable bonds is 4. The highest BCUT2D eigenvalue weighted by atomic mass is 35.5. The number of non-ortho nitro benzene ring substituents is 1. The molecule has 0 spiro atoms. The number of sulfonamides is 1. The van der Waals surface area contributed by atoms with E-state index in [4.69, 9.17) is 16.7 Å². The van der Waals surface area contributed by atoms with E-state index in [9.17, 15) is 18.5 Å². The number of nitrogens with one attached hydrogen (secondary N) is 1. The van der Waals surface area contributed by atoms with Gasteiger partial charge in [-0.3, -0.25) is 14.8 Å². The maximum absolute atomic E-state index is 12.2. The van der Waals surface area contributed by atoms with E-state index in [1.807, 2.05) is 0 Å². The summed E-state index contributed by atoms with van der Waals surface area (Å²) in [7, 11) is -4.08. The van der Waals surface area contributed by atoms with Gasteiger partial charge < -0.3 is 5.11 Å². The molecular formula is C12H9ClN2O5S. The molecule has 0 saturated heterocycles. The molecule has 0 heterocycles. The van der Waals surface area contributed by atoms with Crippen LogP contribution >= 0.6 is 11.6 Å². The van der Waals surface area contributed by atoms with Crippen LogP contribution in [-0.2, 0) is 10.0 Å². The molecule has 0 aliphatic heterocycles. The fourth-order valence-electron chi connectivity index (χ4n) is 1.55. The van der Waals surface area contributed by atoms with Gasteiger partial charge in [0.2, 0.25) is 0 Å². The van der Waals surface area contributed by atoms with E-state index < -0.39 is 19.8 Å². The van der Waals surface area contributed by atoms with Gasteiger partial charge in [-0.05, 0) is 30.3 Å². The van der Waals surface area contributed by atoms with Crippen LogP contribution in [0.4, 0.5) is 11.4 Å². The van der Waals surface area contributed by atoms with Gasteiger partial charge in [-0.25, -0.2) is 8.42 Å². The number of phenols is 1. The minimum Gasteiger partial charge on any atom is -0.508 e. The maximum atomic E-state index is 12.2. The van der Waals surface area contributed by atoms with E-state index >= 15 is 0 Å². The van der Waals surface area contributed by atoms with Gasteiger partial charge in [-0.2, -0.15) is 0 Å². The van der Waals surface area contributed by atoms with Crippen LogP contribution in [0.3, 0.4) is 0 Å². The number of hydrogen-bond acceptors (Lipinski definition) is 5. The second-order valence-electron chi connectivity index (χ2n) is 4.02. The fraction of sp³-hybridized carbons (Fsp3) is 0. The number of anilines is 1. The van der Waals surface area contributed by atoms with E-state index in [2.05, 4.69) is 4.72 Å². The average molecular weight is 329 g/mol. The van der Waals surface area contributed by atoms with Gasteiger partial charge in [-0.1, -0.05) is 11.6 Å². The first-order valence-corrected chi connectivity index (χ1v) is 7.41. The van der Waals surface area contributed by atoms with Gasteiger partial charge in [0.05, 0.1) is 9.95 Å². The Morgan fingerprint density at radius 3 is 2.33 bits per heavy atom. The lowest BCUT2D eigenvalue weighted by atomic mass is 10.3. The number of halogens is 1. The predicted molar refractivity (Wildman–Crippen MR) is 77.0 cm³/mol. The second-order valence-corrected chi connectivity index (χ2v) is 6.08. The summed E-state index contributed by atoms with van der Waals surface area (Å²) < 4.78 is 26.6. The lowest BCUT2D eigenvalue weighted by Crippen LogP contribution is -2.13. The molecule has 9 heteroatoms. The second kappa shape index (κ2) is 5.58. The first-order chi connectivity index (χ1) is 9.79. The average Bonchev–Trinajstić information content (AvgIpc) is 2.41. The van der Waals surface area contributed by atoms with Crippen LogP contribution in [0.2, 0.25) is 5.02 Å². The first-order valence-electron chi connectivity index (χ1n) is 5.55. The lowest BCUT2D eigenvalue weighted by Gasteiger charge is -2.09. The number of aromatic hydroxyl groups is 1. The van der Waals surface area contributed by atoms with Crippen LogP contribution in [0.1, 0.15) is 0 Å². The van der Waals surface area contributed by atoms with Crippen molar-refractivity contribution in [2.75, 3.05) is 4.72 Å². The summed E-state index contributed by atoms with van der Waals surface area (Å²) in [6.45, 7) is 0. The molecule has 2 N–H and O–H groups in total. The van der Waals surface area contributed by atoms with Crippen LogP contribution in [-0.4, -0.2) is 18.4 Å². The number of phenolic OH excluding ortho intramolecular Hbond substituents is 1. The summed E-state index contributed by atoms with van der Waals surface area (Å²) in [6, 6.07) is 8.42. The Kier molecular flexibility index (Phi) is 4.01. The third kappa shape index (κ3) is 3.41. The molecule has 7 nitrogen and oxygen atoms in total. The smallest absolute Gasteiger partial charge is 0.270 e. The van der Waals surface area contributed by atoms with Gasteiger partial charge in [-0.15, -0.1) is 0 Å². The summed E-state index contributed by atoms with van der Waals surface area (Å²) in [5, 5.41) is 19.7. The van der Waals surface area contributed by atoms with Gasteiger partial charge in [0.1, 0.15) is 10.6 Å². The topological polar surface area (TPSA) is 110 Å². The highest BCUT2D eigenvalue weighted by Crippen LogP contribution is 2.28. The van der Waals surface area contributed by atoms with E-state index in [-0.39, 0.29) is 22.1 Å². The van der Waals surface area contributed by atoms with Gasteiger partial charge in [0.15, 0.2) is 0 Å². The number of hydrogen-bond donors (Lipinski definition) is 2. The van der Waals surface area contributed by atoms with Crippen molar-refractivity contribution in [1.82, 2.24) is 0 Å². The van der Waals surface area contributed by atoms with Crippen molar-refractivity contribution in [3.63, 3.8) is 0 Å². The minimum absolute atomic E-state index is 0.0219. The summed E-state index contributed by atoms with van der Waals surface area (Å²) in [6.07, 6.45) is 0. The molecule has 0 bridgehead atoms. The standard InChI is InChI=1S/C12H9ClN2O5S/c13-11-6-3-9(15(17)18)7-12(11)21(19,20)14-8-1-4-10(16)5-2-8/h1-7,14,16H. The molecule has 0 saturated carbocycles. The van der Waals surface area contributed by atoms with Crippen molar-refractivity contribution in [1.29, 1.82) is 0 Å². The van der Waals surface area contributed by atoms with Crippen molar-refractivity contribution in [2.45, 2.75) is 4.90 Å². The number of nitrogens with zero attached hydrogens (tertiary/aromatic N) is 1. The van der Waals surface area contributed by atoms with Crippen molar-refractivity contribution >= 4 is 33.0 Å². The van der Waals surface area contributed by atoms with E-state index in [0.29, 0.717) is 0 Å². The SMILES string of the molecule is O=[N+]([O-])c1ccc(Cl)c(S(=O)(=O)Nc2ccc(O)cc2)c1. The Morgan fingerprint density at radius 2 is 1.76 bits per heavy atom. The Morgan fingerprint density at radius 1 is 1.14 bits per heavy atom. The molecule has 21 heavy (non-hydrogen) atoms. The minimum atomic E-state index is -4.08. The third-order valence-electron chi connectivity index (χ3n) is 2.53. The molecule has 2 aromatic rings. The van der Waals surface area contributed by atoms with Gasteiger partial charge in [0, 0.05) is 17.8 Å². The van der Waals surface area contributed by atoms with E-state index in [1.165, 1.54) is 24.3 Å². The van der Waals surface area contributed by atoms with Gasteiger partial charge >= 0.3 is 0 Å². The van der Waals surface area contributed by atoms with Crippen LogP contribution < -0.4 is 4.72 Å². The van der Waals surface area contributed by atoms with Crippen LogP contribution in [0.5, 0.6) is 5.75 Å². The first kappa shape index (κ1) is 15.1. The van der Waals surface area contributed by atoms with E-state index in [0.717, 1.165) is 18.2 Å². The zero-order chi connectivity index (χ0) is 15.6. The van der Waals surface area contributed by atoms with Crippen molar-refractivity contribution in [3.8, 4) is 5.75 Å². The molecular weight excluding hydrogens is 320 g/mol. The van der Waals surface area contributed by atoms with Crippen molar-refractivity contribution < 1.29 is 18.4 Å². The van der Waals surface area contributed by atoms with Crippen LogP contribution in [0, 0.1) is 10.1 Å². The van der Waals surface area contributed by atoms with Crippen LogP contribution in [0.25, 0.3) is 0 Å². The molecule has 0 radical (unpaired) electrons.